The van der Waals surface area contributed by atoms with Crippen molar-refractivity contribution in [2.45, 2.75) is 26.0 Å². The quantitative estimate of drug-likeness (QED) is 0.893. The monoisotopic (exact) mass is 268 g/mol. The highest BCUT2D eigenvalue weighted by Gasteiger charge is 2.22. The van der Waals surface area contributed by atoms with Crippen LogP contribution in [0.25, 0.3) is 0 Å². The van der Waals surface area contributed by atoms with E-state index in [4.69, 9.17) is 11.6 Å². The largest absolute Gasteiger partial charge is 0.389 e. The average molecular weight is 269 g/mol. The van der Waals surface area contributed by atoms with E-state index in [1.165, 1.54) is 0 Å². The summed E-state index contributed by atoms with van der Waals surface area (Å²) in [4.78, 5) is 4.67. The third-order valence-electron chi connectivity index (χ3n) is 3.75. The number of benzene rings is 1. The summed E-state index contributed by atoms with van der Waals surface area (Å²) in [5.41, 5.74) is 1.94. The van der Waals surface area contributed by atoms with Gasteiger partial charge in [0.15, 0.2) is 0 Å². The predicted molar refractivity (Wildman–Crippen MR) is 76.4 cm³/mol. The molecule has 0 aliphatic carbocycles. The van der Waals surface area contributed by atoms with E-state index in [-0.39, 0.29) is 0 Å². The zero-order valence-electron chi connectivity index (χ0n) is 11.2. The molecule has 1 aliphatic rings. The maximum absolute atomic E-state index is 9.55. The van der Waals surface area contributed by atoms with E-state index in [9.17, 15) is 5.11 Å². The molecule has 18 heavy (non-hydrogen) atoms. The minimum atomic E-state index is -0.469. The van der Waals surface area contributed by atoms with Crippen molar-refractivity contribution >= 4 is 17.3 Å². The predicted octanol–water partition coefficient (Wildman–Crippen LogP) is 2.53. The van der Waals surface area contributed by atoms with Crippen LogP contribution in [0.1, 0.15) is 25.5 Å². The second kappa shape index (κ2) is 5.47. The first-order chi connectivity index (χ1) is 8.49. The Morgan fingerprint density at radius 3 is 2.67 bits per heavy atom. The molecule has 100 valence electrons. The summed E-state index contributed by atoms with van der Waals surface area (Å²) in [6, 6.07) is 6.37. The van der Waals surface area contributed by atoms with Crippen LogP contribution in [0.15, 0.2) is 18.2 Å². The van der Waals surface area contributed by atoms with Crippen LogP contribution < -0.4 is 4.90 Å². The van der Waals surface area contributed by atoms with E-state index in [2.05, 4.69) is 23.8 Å². The van der Waals surface area contributed by atoms with Gasteiger partial charge < -0.3 is 14.9 Å². The molecule has 4 heteroatoms. The molecule has 1 saturated heterocycles. The maximum atomic E-state index is 9.55. The molecule has 0 saturated carbocycles. The van der Waals surface area contributed by atoms with Crippen LogP contribution in [0.5, 0.6) is 0 Å². The van der Waals surface area contributed by atoms with Gasteiger partial charge in [0.2, 0.25) is 0 Å². The second-order valence-electron chi connectivity index (χ2n) is 5.16. The van der Waals surface area contributed by atoms with Gasteiger partial charge in [-0.15, -0.1) is 0 Å². The van der Waals surface area contributed by atoms with E-state index in [1.54, 1.807) is 6.92 Å². The van der Waals surface area contributed by atoms with Crippen molar-refractivity contribution in [2.24, 2.45) is 0 Å². The first kappa shape index (κ1) is 13.7. The number of likely N-dealkylation sites (N-methyl/N-ethyl adjacent to an activating group) is 1. The molecular formula is C14H21ClN2O. The van der Waals surface area contributed by atoms with Crippen LogP contribution >= 0.6 is 11.6 Å². The number of halogens is 1. The number of rotatable bonds is 2. The Balaban J connectivity index is 2.19. The van der Waals surface area contributed by atoms with Crippen molar-refractivity contribution in [3.05, 3.63) is 28.8 Å². The summed E-state index contributed by atoms with van der Waals surface area (Å²) in [7, 11) is 2.15. The van der Waals surface area contributed by atoms with Crippen LogP contribution in [0.2, 0.25) is 5.02 Å². The fourth-order valence-electron chi connectivity index (χ4n) is 2.31. The minimum Gasteiger partial charge on any atom is -0.389 e. The van der Waals surface area contributed by atoms with Crippen LogP contribution in [-0.4, -0.2) is 42.7 Å². The van der Waals surface area contributed by atoms with Gasteiger partial charge in [-0.05, 0) is 38.6 Å². The lowest BCUT2D eigenvalue weighted by Crippen LogP contribution is -2.50. The number of nitrogens with zero attached hydrogens (tertiary/aromatic N) is 2. The van der Waals surface area contributed by atoms with Crippen molar-refractivity contribution in [1.82, 2.24) is 4.90 Å². The number of hydrogen-bond acceptors (Lipinski definition) is 3. The Labute approximate surface area is 114 Å². The van der Waals surface area contributed by atoms with Gasteiger partial charge in [0.25, 0.3) is 0 Å². The molecular weight excluding hydrogens is 248 g/mol. The second-order valence-corrected chi connectivity index (χ2v) is 5.57. The van der Waals surface area contributed by atoms with Crippen molar-refractivity contribution in [3.63, 3.8) is 0 Å². The maximum Gasteiger partial charge on any atom is 0.0762 e. The Morgan fingerprint density at radius 1 is 1.39 bits per heavy atom. The third kappa shape index (κ3) is 2.79. The average Bonchev–Trinajstić information content (AvgIpc) is 2.32. The Bertz CT molecular complexity index is 422. The molecule has 0 amide bonds. The van der Waals surface area contributed by atoms with Gasteiger partial charge in [0, 0.05) is 25.7 Å². The van der Waals surface area contributed by atoms with E-state index < -0.39 is 6.10 Å². The van der Waals surface area contributed by atoms with Crippen LogP contribution in [0.3, 0.4) is 0 Å². The Hall–Kier alpha value is -0.770. The molecule has 1 fully saturated rings. The van der Waals surface area contributed by atoms with Gasteiger partial charge in [-0.25, -0.2) is 0 Å². The first-order valence-corrected chi connectivity index (χ1v) is 6.79. The van der Waals surface area contributed by atoms with Crippen LogP contribution in [0, 0.1) is 0 Å². The molecule has 0 radical (unpaired) electrons. The van der Waals surface area contributed by atoms with Gasteiger partial charge >= 0.3 is 0 Å². The number of aliphatic hydroxyl groups is 1. The van der Waals surface area contributed by atoms with Crippen molar-refractivity contribution in [3.8, 4) is 0 Å². The summed E-state index contributed by atoms with van der Waals surface area (Å²) in [6.45, 7) is 7.02. The van der Waals surface area contributed by atoms with Gasteiger partial charge in [-0.2, -0.15) is 0 Å². The number of hydrogen-bond donors (Lipinski definition) is 1. The van der Waals surface area contributed by atoms with Crippen LogP contribution in [0.4, 0.5) is 5.69 Å². The lowest BCUT2D eigenvalue weighted by atomic mass is 10.1. The van der Waals surface area contributed by atoms with Gasteiger partial charge in [-0.1, -0.05) is 17.7 Å². The molecule has 1 aromatic rings. The third-order valence-corrected chi connectivity index (χ3v) is 4.06. The minimum absolute atomic E-state index is 0.469. The van der Waals surface area contributed by atoms with Gasteiger partial charge in [0.1, 0.15) is 0 Å². The molecule has 0 spiro atoms. The normalized spacial score (nSPS) is 23.2. The number of piperazine rings is 1. The fraction of sp³-hybridized carbons (Fsp3) is 0.571. The molecule has 2 atom stereocenters. The summed E-state index contributed by atoms with van der Waals surface area (Å²) < 4.78 is 0. The summed E-state index contributed by atoms with van der Waals surface area (Å²) >= 11 is 6.32. The molecule has 3 nitrogen and oxygen atoms in total. The molecule has 1 unspecified atom stereocenters. The standard InChI is InChI=1S/C14H21ClN2O/c1-10-9-17(7-6-16(10)3)14-5-4-12(11(2)18)8-13(14)15/h4-5,8,10-11,18H,6-7,9H2,1-3H3/t10?,11-/m0/s1. The summed E-state index contributed by atoms with van der Waals surface area (Å²) in [5.74, 6) is 0. The molecule has 1 N–H and O–H groups in total. The Kier molecular flexibility index (Phi) is 4.15. The van der Waals surface area contributed by atoms with E-state index in [0.29, 0.717) is 6.04 Å². The summed E-state index contributed by atoms with van der Waals surface area (Å²) in [6.07, 6.45) is -0.469. The fourth-order valence-corrected chi connectivity index (χ4v) is 2.62. The van der Waals surface area contributed by atoms with Crippen molar-refractivity contribution in [2.75, 3.05) is 31.6 Å². The topological polar surface area (TPSA) is 26.7 Å². The molecule has 2 rings (SSSR count). The van der Waals surface area contributed by atoms with E-state index in [0.717, 1.165) is 35.9 Å². The van der Waals surface area contributed by atoms with Crippen molar-refractivity contribution in [1.29, 1.82) is 0 Å². The molecule has 0 bridgehead atoms. The van der Waals surface area contributed by atoms with E-state index in [1.807, 2.05) is 18.2 Å². The number of aliphatic hydroxyl groups excluding tert-OH is 1. The highest BCUT2D eigenvalue weighted by Crippen LogP contribution is 2.30. The highest BCUT2D eigenvalue weighted by atomic mass is 35.5. The molecule has 1 aromatic carbocycles. The van der Waals surface area contributed by atoms with E-state index >= 15 is 0 Å². The van der Waals surface area contributed by atoms with Crippen LogP contribution in [-0.2, 0) is 0 Å². The molecule has 0 aromatic heterocycles. The Morgan fingerprint density at radius 2 is 2.11 bits per heavy atom. The lowest BCUT2D eigenvalue weighted by molar-refractivity contribution is 0.199. The van der Waals surface area contributed by atoms with Crippen molar-refractivity contribution < 1.29 is 5.11 Å². The highest BCUT2D eigenvalue weighted by molar-refractivity contribution is 6.33. The SMILES string of the molecule is CC1CN(c2ccc([C@H](C)O)cc2Cl)CCN1C. The van der Waals surface area contributed by atoms with Gasteiger partial charge in [-0.3, -0.25) is 0 Å². The zero-order chi connectivity index (χ0) is 13.3. The zero-order valence-corrected chi connectivity index (χ0v) is 12.0. The van der Waals surface area contributed by atoms with Gasteiger partial charge in [0.05, 0.1) is 16.8 Å². The molecule has 1 heterocycles. The smallest absolute Gasteiger partial charge is 0.0762 e. The lowest BCUT2D eigenvalue weighted by Gasteiger charge is -2.39. The number of anilines is 1. The molecule has 1 aliphatic heterocycles. The first-order valence-electron chi connectivity index (χ1n) is 6.41. The summed E-state index contributed by atoms with van der Waals surface area (Å²) in [5, 5.41) is 10.3.